The van der Waals surface area contributed by atoms with Crippen molar-refractivity contribution < 1.29 is 9.53 Å². The maximum absolute atomic E-state index is 13.1. The van der Waals surface area contributed by atoms with Crippen molar-refractivity contribution in [3.05, 3.63) is 82.4 Å². The number of carbonyl (C=O) groups excluding carboxylic acids is 1. The summed E-state index contributed by atoms with van der Waals surface area (Å²) in [6.07, 6.45) is 3.70. The number of ether oxygens (including phenoxy) is 1. The minimum atomic E-state index is -0.229. The van der Waals surface area contributed by atoms with E-state index in [2.05, 4.69) is 5.32 Å². The van der Waals surface area contributed by atoms with Crippen LogP contribution in [0.5, 0.6) is 0 Å². The number of pyridine rings is 1. The van der Waals surface area contributed by atoms with Crippen molar-refractivity contribution in [3.63, 3.8) is 0 Å². The fourth-order valence-corrected chi connectivity index (χ4v) is 3.97. The summed E-state index contributed by atoms with van der Waals surface area (Å²) in [4.78, 5) is 30.8. The maximum Gasteiger partial charge on any atom is 0.268 e. The first-order chi connectivity index (χ1) is 14.7. The van der Waals surface area contributed by atoms with Gasteiger partial charge >= 0.3 is 0 Å². The number of nitrogens with zero attached hydrogens (tertiary/aromatic N) is 3. The molecular formula is C23H22N4O3. The van der Waals surface area contributed by atoms with E-state index in [0.29, 0.717) is 35.5 Å². The van der Waals surface area contributed by atoms with Crippen LogP contribution in [0.25, 0.3) is 16.7 Å². The molecular weight excluding hydrogens is 380 g/mol. The van der Waals surface area contributed by atoms with Gasteiger partial charge in [-0.3, -0.25) is 14.0 Å². The predicted molar refractivity (Wildman–Crippen MR) is 114 cm³/mol. The minimum absolute atomic E-state index is 0.0484. The molecule has 0 radical (unpaired) electrons. The zero-order valence-electron chi connectivity index (χ0n) is 16.5. The molecule has 0 unspecified atom stereocenters. The molecule has 0 bridgehead atoms. The summed E-state index contributed by atoms with van der Waals surface area (Å²) in [5.41, 5.74) is 2.33. The van der Waals surface area contributed by atoms with Crippen LogP contribution >= 0.6 is 0 Å². The van der Waals surface area contributed by atoms with E-state index in [9.17, 15) is 9.59 Å². The summed E-state index contributed by atoms with van der Waals surface area (Å²) >= 11 is 0. The zero-order valence-corrected chi connectivity index (χ0v) is 16.5. The highest BCUT2D eigenvalue weighted by Gasteiger charge is 2.22. The van der Waals surface area contributed by atoms with Crippen LogP contribution in [0.3, 0.4) is 0 Å². The summed E-state index contributed by atoms with van der Waals surface area (Å²) in [6, 6.07) is 16.9. The molecule has 1 saturated heterocycles. The standard InChI is InChI=1S/C23H22N4O3/c28-22(24-14-17-9-6-12-30-17)19-13-18-21(27(19)15-16-7-2-1-3-8-16)25-20-10-4-5-11-26(20)23(18)29/h1-5,7-8,10-11,13,17H,6,9,12,14-15H2,(H,24,28)/t17-/m1/s1. The topological polar surface area (TPSA) is 77.6 Å². The van der Waals surface area contributed by atoms with Crippen LogP contribution in [0.1, 0.15) is 28.9 Å². The third-order valence-electron chi connectivity index (χ3n) is 5.51. The largest absolute Gasteiger partial charge is 0.376 e. The highest BCUT2D eigenvalue weighted by molar-refractivity contribution is 5.98. The Labute approximate surface area is 172 Å². The molecule has 1 amide bonds. The number of amides is 1. The number of hydrogen-bond acceptors (Lipinski definition) is 4. The molecule has 4 aromatic rings. The third-order valence-corrected chi connectivity index (χ3v) is 5.51. The Hall–Kier alpha value is -3.45. The lowest BCUT2D eigenvalue weighted by Crippen LogP contribution is -2.33. The number of fused-ring (bicyclic) bond motifs is 2. The molecule has 0 saturated carbocycles. The van der Waals surface area contributed by atoms with Gasteiger partial charge in [-0.15, -0.1) is 0 Å². The third kappa shape index (κ3) is 3.37. The Morgan fingerprint density at radius 2 is 2.00 bits per heavy atom. The first-order valence-corrected chi connectivity index (χ1v) is 10.1. The Morgan fingerprint density at radius 3 is 2.80 bits per heavy atom. The number of benzene rings is 1. The molecule has 1 fully saturated rings. The van der Waals surface area contributed by atoms with Crippen LogP contribution in [-0.2, 0) is 11.3 Å². The Balaban J connectivity index is 1.61. The van der Waals surface area contributed by atoms with Crippen molar-refractivity contribution in [1.82, 2.24) is 19.3 Å². The molecule has 7 heteroatoms. The van der Waals surface area contributed by atoms with E-state index in [1.165, 1.54) is 4.40 Å². The van der Waals surface area contributed by atoms with Gasteiger partial charge in [0.05, 0.1) is 11.5 Å². The van der Waals surface area contributed by atoms with Crippen LogP contribution in [0.4, 0.5) is 0 Å². The highest BCUT2D eigenvalue weighted by Crippen LogP contribution is 2.19. The normalized spacial score (nSPS) is 16.3. The zero-order chi connectivity index (χ0) is 20.5. The number of rotatable bonds is 5. The lowest BCUT2D eigenvalue weighted by Gasteiger charge is -2.13. The molecule has 0 aliphatic carbocycles. The molecule has 1 aliphatic rings. The monoisotopic (exact) mass is 402 g/mol. The van der Waals surface area contributed by atoms with Gasteiger partial charge in [-0.05, 0) is 36.6 Å². The van der Waals surface area contributed by atoms with Gasteiger partial charge in [-0.25, -0.2) is 4.98 Å². The molecule has 1 atom stereocenters. The summed E-state index contributed by atoms with van der Waals surface area (Å²) in [7, 11) is 0. The van der Waals surface area contributed by atoms with E-state index in [0.717, 1.165) is 25.0 Å². The van der Waals surface area contributed by atoms with Crippen molar-refractivity contribution >= 4 is 22.6 Å². The maximum atomic E-state index is 13.1. The lowest BCUT2D eigenvalue weighted by molar-refractivity contribution is 0.0851. The Morgan fingerprint density at radius 1 is 1.17 bits per heavy atom. The quantitative estimate of drug-likeness (QED) is 0.557. The Kier molecular flexibility index (Phi) is 4.80. The van der Waals surface area contributed by atoms with E-state index in [4.69, 9.17) is 9.72 Å². The second-order valence-corrected chi connectivity index (χ2v) is 7.53. The van der Waals surface area contributed by atoms with Gasteiger partial charge in [0, 0.05) is 25.9 Å². The molecule has 5 rings (SSSR count). The van der Waals surface area contributed by atoms with Gasteiger partial charge in [-0.1, -0.05) is 36.4 Å². The molecule has 152 valence electrons. The minimum Gasteiger partial charge on any atom is -0.376 e. The molecule has 3 aromatic heterocycles. The van der Waals surface area contributed by atoms with Crippen LogP contribution in [0.15, 0.2) is 65.6 Å². The van der Waals surface area contributed by atoms with Gasteiger partial charge in [-0.2, -0.15) is 0 Å². The van der Waals surface area contributed by atoms with Crippen molar-refractivity contribution in [2.45, 2.75) is 25.5 Å². The molecule has 1 N–H and O–H groups in total. The van der Waals surface area contributed by atoms with Crippen LogP contribution in [-0.4, -0.2) is 39.1 Å². The molecule has 1 aliphatic heterocycles. The van der Waals surface area contributed by atoms with E-state index in [1.54, 1.807) is 24.4 Å². The van der Waals surface area contributed by atoms with Crippen molar-refractivity contribution in [2.75, 3.05) is 13.2 Å². The second kappa shape index (κ2) is 7.76. The smallest absolute Gasteiger partial charge is 0.268 e. The Bertz CT molecular complexity index is 1270. The summed E-state index contributed by atoms with van der Waals surface area (Å²) in [5, 5.41) is 3.40. The average Bonchev–Trinajstić information content (AvgIpc) is 3.42. The van der Waals surface area contributed by atoms with E-state index in [-0.39, 0.29) is 17.6 Å². The number of aromatic nitrogens is 3. The molecule has 7 nitrogen and oxygen atoms in total. The molecule has 0 spiro atoms. The van der Waals surface area contributed by atoms with Crippen molar-refractivity contribution in [1.29, 1.82) is 0 Å². The van der Waals surface area contributed by atoms with Gasteiger partial charge in [0.15, 0.2) is 0 Å². The fourth-order valence-electron chi connectivity index (χ4n) is 3.97. The van der Waals surface area contributed by atoms with Gasteiger partial charge in [0.25, 0.3) is 11.5 Å². The summed E-state index contributed by atoms with van der Waals surface area (Å²) in [6.45, 7) is 1.64. The van der Waals surface area contributed by atoms with Crippen LogP contribution in [0.2, 0.25) is 0 Å². The number of hydrogen-bond donors (Lipinski definition) is 1. The molecule has 30 heavy (non-hydrogen) atoms. The second-order valence-electron chi connectivity index (χ2n) is 7.53. The highest BCUT2D eigenvalue weighted by atomic mass is 16.5. The first-order valence-electron chi connectivity index (χ1n) is 10.1. The fraction of sp³-hybridized carbons (Fsp3) is 0.261. The van der Waals surface area contributed by atoms with Gasteiger partial charge < -0.3 is 14.6 Å². The van der Waals surface area contributed by atoms with Crippen molar-refractivity contribution in [2.24, 2.45) is 0 Å². The number of nitrogens with one attached hydrogen (secondary N) is 1. The molecule has 1 aromatic carbocycles. The summed E-state index contributed by atoms with van der Waals surface area (Å²) < 4.78 is 8.93. The summed E-state index contributed by atoms with van der Waals surface area (Å²) in [5.74, 6) is -0.229. The van der Waals surface area contributed by atoms with E-state index in [1.807, 2.05) is 41.0 Å². The first kappa shape index (κ1) is 18.6. The lowest BCUT2D eigenvalue weighted by atomic mass is 10.2. The SMILES string of the molecule is O=C(NC[C@H]1CCCO1)c1cc2c(=O)n3ccccc3nc2n1Cc1ccccc1. The van der Waals surface area contributed by atoms with Gasteiger partial charge in [0.2, 0.25) is 0 Å². The van der Waals surface area contributed by atoms with E-state index < -0.39 is 0 Å². The molecule has 4 heterocycles. The number of carbonyl (C=O) groups is 1. The predicted octanol–water partition coefficient (Wildman–Crippen LogP) is 2.61. The van der Waals surface area contributed by atoms with Crippen molar-refractivity contribution in [3.8, 4) is 0 Å². The van der Waals surface area contributed by atoms with Gasteiger partial charge in [0.1, 0.15) is 17.0 Å². The van der Waals surface area contributed by atoms with Crippen LogP contribution in [0, 0.1) is 0 Å². The van der Waals surface area contributed by atoms with Crippen LogP contribution < -0.4 is 10.9 Å². The van der Waals surface area contributed by atoms with E-state index >= 15 is 0 Å². The average molecular weight is 402 g/mol.